The highest BCUT2D eigenvalue weighted by Crippen LogP contribution is 2.28. The summed E-state index contributed by atoms with van der Waals surface area (Å²) in [6.07, 6.45) is 3.94. The summed E-state index contributed by atoms with van der Waals surface area (Å²) in [4.78, 5) is 10.5. The Balaban J connectivity index is 2.96. The topological polar surface area (TPSA) is 37.3 Å². The number of carbonyl (C=O) groups is 1. The van der Waals surface area contributed by atoms with Crippen LogP contribution in [0.5, 0.6) is 0 Å². The van der Waals surface area contributed by atoms with Crippen molar-refractivity contribution in [3.63, 3.8) is 0 Å². The van der Waals surface area contributed by atoms with Gasteiger partial charge in [-0.05, 0) is 80.9 Å². The first-order chi connectivity index (χ1) is 8.84. The zero-order chi connectivity index (χ0) is 14.6. The Hall–Kier alpha value is -1.57. The number of unbranched alkanes of at least 4 members (excludes halogenated alkanes) is 1. The van der Waals surface area contributed by atoms with Crippen molar-refractivity contribution >= 4 is 11.5 Å². The Bertz CT molecular complexity index is 484. The summed E-state index contributed by atoms with van der Waals surface area (Å²) in [5.74, 6) is -0.718. The minimum absolute atomic E-state index is 0.245. The maximum atomic E-state index is 10.5. The standard InChI is InChI=1S/C17H24O2/c1-11(8-6-7-9-16(18)19)17-14(4)12(2)10-13(3)15(17)5/h8,10H,6-7,9H2,1-5H3,(H,18,19)/b11-8+. The van der Waals surface area contributed by atoms with Crippen molar-refractivity contribution in [2.75, 3.05) is 0 Å². The third kappa shape index (κ3) is 3.95. The second-order valence-electron chi connectivity index (χ2n) is 5.31. The lowest BCUT2D eigenvalue weighted by atomic mass is 9.89. The number of rotatable bonds is 5. The van der Waals surface area contributed by atoms with E-state index < -0.39 is 5.97 Å². The molecular weight excluding hydrogens is 236 g/mol. The van der Waals surface area contributed by atoms with Crippen LogP contribution in [-0.4, -0.2) is 11.1 Å². The van der Waals surface area contributed by atoms with Crippen molar-refractivity contribution in [1.29, 1.82) is 0 Å². The number of carboxylic acid groups (broad SMARTS) is 1. The fraction of sp³-hybridized carbons (Fsp3) is 0.471. The lowest BCUT2D eigenvalue weighted by Crippen LogP contribution is -1.98. The molecule has 1 aromatic carbocycles. The minimum Gasteiger partial charge on any atom is -0.481 e. The van der Waals surface area contributed by atoms with E-state index in [4.69, 9.17) is 5.11 Å². The normalized spacial score (nSPS) is 11.7. The van der Waals surface area contributed by atoms with Crippen LogP contribution in [0.25, 0.3) is 5.57 Å². The van der Waals surface area contributed by atoms with E-state index in [0.717, 1.165) is 6.42 Å². The molecule has 19 heavy (non-hydrogen) atoms. The van der Waals surface area contributed by atoms with Crippen LogP contribution in [0.3, 0.4) is 0 Å². The van der Waals surface area contributed by atoms with Crippen LogP contribution in [0.2, 0.25) is 0 Å². The fourth-order valence-corrected chi connectivity index (χ4v) is 2.48. The zero-order valence-corrected chi connectivity index (χ0v) is 12.6. The molecule has 0 aromatic heterocycles. The number of hydrogen-bond donors (Lipinski definition) is 1. The number of allylic oxidation sites excluding steroid dienone is 2. The predicted molar refractivity (Wildman–Crippen MR) is 80.5 cm³/mol. The molecule has 0 fully saturated rings. The van der Waals surface area contributed by atoms with Gasteiger partial charge in [-0.2, -0.15) is 0 Å². The quantitative estimate of drug-likeness (QED) is 0.787. The highest BCUT2D eigenvalue weighted by Gasteiger charge is 2.09. The van der Waals surface area contributed by atoms with Gasteiger partial charge in [0.1, 0.15) is 0 Å². The number of aryl methyl sites for hydroxylation is 2. The summed E-state index contributed by atoms with van der Waals surface area (Å²) in [5.41, 5.74) is 7.87. The Morgan fingerprint density at radius 3 is 2.16 bits per heavy atom. The first-order valence-electron chi connectivity index (χ1n) is 6.81. The average molecular weight is 260 g/mol. The SMILES string of the molecule is C/C(=C\CCCC(=O)O)c1c(C)c(C)cc(C)c1C. The monoisotopic (exact) mass is 260 g/mol. The number of benzene rings is 1. The molecule has 1 aromatic rings. The van der Waals surface area contributed by atoms with Crippen molar-refractivity contribution in [3.05, 3.63) is 40.0 Å². The third-order valence-corrected chi connectivity index (χ3v) is 3.81. The van der Waals surface area contributed by atoms with Crippen molar-refractivity contribution in [3.8, 4) is 0 Å². The van der Waals surface area contributed by atoms with Crippen LogP contribution in [0.1, 0.15) is 54.0 Å². The van der Waals surface area contributed by atoms with Gasteiger partial charge < -0.3 is 5.11 Å². The van der Waals surface area contributed by atoms with E-state index in [9.17, 15) is 4.79 Å². The first-order valence-corrected chi connectivity index (χ1v) is 6.81. The summed E-state index contributed by atoms with van der Waals surface area (Å²) < 4.78 is 0. The summed E-state index contributed by atoms with van der Waals surface area (Å²) in [7, 11) is 0. The van der Waals surface area contributed by atoms with Crippen LogP contribution in [0.15, 0.2) is 12.1 Å². The van der Waals surface area contributed by atoms with Crippen LogP contribution in [0.4, 0.5) is 0 Å². The molecule has 0 amide bonds. The van der Waals surface area contributed by atoms with Gasteiger partial charge in [-0.15, -0.1) is 0 Å². The molecule has 1 N–H and O–H groups in total. The number of carboxylic acids is 1. The zero-order valence-electron chi connectivity index (χ0n) is 12.6. The second kappa shape index (κ2) is 6.55. The molecule has 0 saturated carbocycles. The second-order valence-corrected chi connectivity index (χ2v) is 5.31. The maximum absolute atomic E-state index is 10.5. The molecule has 0 bridgehead atoms. The molecular formula is C17H24O2. The molecule has 0 aliphatic carbocycles. The molecule has 0 aliphatic rings. The molecule has 2 heteroatoms. The van der Waals surface area contributed by atoms with Crippen molar-refractivity contribution < 1.29 is 9.90 Å². The summed E-state index contributed by atoms with van der Waals surface area (Å²) in [5, 5.41) is 8.64. The van der Waals surface area contributed by atoms with Gasteiger partial charge in [-0.3, -0.25) is 4.79 Å². The molecule has 0 heterocycles. The molecule has 1 rings (SSSR count). The van der Waals surface area contributed by atoms with Gasteiger partial charge in [0.2, 0.25) is 0 Å². The smallest absolute Gasteiger partial charge is 0.303 e. The van der Waals surface area contributed by atoms with E-state index in [0.29, 0.717) is 6.42 Å². The molecule has 0 saturated heterocycles. The largest absolute Gasteiger partial charge is 0.481 e. The highest BCUT2D eigenvalue weighted by atomic mass is 16.4. The van der Waals surface area contributed by atoms with E-state index in [1.807, 2.05) is 0 Å². The molecule has 0 unspecified atom stereocenters. The van der Waals surface area contributed by atoms with Crippen LogP contribution in [0, 0.1) is 27.7 Å². The van der Waals surface area contributed by atoms with Gasteiger partial charge in [0.05, 0.1) is 0 Å². The lowest BCUT2D eigenvalue weighted by molar-refractivity contribution is -0.137. The Morgan fingerprint density at radius 1 is 1.16 bits per heavy atom. The molecule has 0 aliphatic heterocycles. The van der Waals surface area contributed by atoms with Gasteiger partial charge in [0.15, 0.2) is 0 Å². The lowest BCUT2D eigenvalue weighted by Gasteiger charge is -2.16. The van der Waals surface area contributed by atoms with Gasteiger partial charge >= 0.3 is 5.97 Å². The maximum Gasteiger partial charge on any atom is 0.303 e. The van der Waals surface area contributed by atoms with E-state index in [-0.39, 0.29) is 6.42 Å². The van der Waals surface area contributed by atoms with Gasteiger partial charge in [-0.25, -0.2) is 0 Å². The van der Waals surface area contributed by atoms with E-state index >= 15 is 0 Å². The summed E-state index contributed by atoms with van der Waals surface area (Å²) in [6, 6.07) is 2.23. The Kier molecular flexibility index (Phi) is 5.34. The fourth-order valence-electron chi connectivity index (χ4n) is 2.48. The number of aliphatic carboxylic acids is 1. The van der Waals surface area contributed by atoms with Gasteiger partial charge in [0, 0.05) is 6.42 Å². The van der Waals surface area contributed by atoms with Gasteiger partial charge in [-0.1, -0.05) is 12.1 Å². The van der Waals surface area contributed by atoms with Crippen molar-refractivity contribution in [2.45, 2.75) is 53.9 Å². The molecule has 0 atom stereocenters. The van der Waals surface area contributed by atoms with Crippen molar-refractivity contribution in [2.24, 2.45) is 0 Å². The van der Waals surface area contributed by atoms with E-state index in [1.54, 1.807) is 0 Å². The van der Waals surface area contributed by atoms with Crippen LogP contribution in [-0.2, 0) is 4.79 Å². The van der Waals surface area contributed by atoms with Crippen LogP contribution < -0.4 is 0 Å². The Morgan fingerprint density at radius 2 is 1.68 bits per heavy atom. The van der Waals surface area contributed by atoms with Crippen molar-refractivity contribution in [1.82, 2.24) is 0 Å². The average Bonchev–Trinajstić information content (AvgIpc) is 2.32. The Labute approximate surface area is 116 Å². The molecule has 0 spiro atoms. The predicted octanol–water partition coefficient (Wildman–Crippen LogP) is 4.58. The third-order valence-electron chi connectivity index (χ3n) is 3.81. The first kappa shape index (κ1) is 15.5. The highest BCUT2D eigenvalue weighted by molar-refractivity contribution is 5.71. The molecule has 2 nitrogen and oxygen atoms in total. The molecule has 104 valence electrons. The van der Waals surface area contributed by atoms with E-state index in [1.165, 1.54) is 33.4 Å². The molecule has 0 radical (unpaired) electrons. The van der Waals surface area contributed by atoms with Crippen LogP contribution >= 0.6 is 0 Å². The van der Waals surface area contributed by atoms with Gasteiger partial charge in [0.25, 0.3) is 0 Å². The summed E-state index contributed by atoms with van der Waals surface area (Å²) in [6.45, 7) is 10.7. The minimum atomic E-state index is -0.718. The summed E-state index contributed by atoms with van der Waals surface area (Å²) >= 11 is 0. The number of hydrogen-bond acceptors (Lipinski definition) is 1. The van der Waals surface area contributed by atoms with E-state index in [2.05, 4.69) is 46.8 Å².